The topological polar surface area (TPSA) is 128 Å². The molecule has 0 heterocycles. The number of methoxy groups -OCH3 is 1. The zero-order valence-electron chi connectivity index (χ0n) is 23.4. The Hall–Kier alpha value is -0.680. The van der Waals surface area contributed by atoms with Crippen LogP contribution < -0.4 is 0 Å². The van der Waals surface area contributed by atoms with Crippen molar-refractivity contribution in [2.75, 3.05) is 158 Å². The van der Waals surface area contributed by atoms with Crippen molar-refractivity contribution in [2.24, 2.45) is 0 Å². The van der Waals surface area contributed by atoms with Crippen molar-refractivity contribution in [2.45, 2.75) is 0 Å². The number of hydrogen-bond donors (Lipinski definition) is 0. The van der Waals surface area contributed by atoms with Gasteiger partial charge >= 0.3 is 5.97 Å². The molecule has 0 saturated carbocycles. The molecule has 0 aliphatic heterocycles. The highest BCUT2D eigenvalue weighted by Crippen LogP contribution is 1.87. The lowest BCUT2D eigenvalue weighted by Gasteiger charge is -2.09. The van der Waals surface area contributed by atoms with Crippen molar-refractivity contribution in [3.05, 3.63) is 0 Å². The molecule has 0 spiro atoms. The highest BCUT2D eigenvalue weighted by molar-refractivity contribution is 6.17. The number of carbonyl (C=O) groups excluding carboxylic acids is 1. The zero-order chi connectivity index (χ0) is 28.3. The number of alkyl halides is 1. The molecule has 0 amide bonds. The maximum atomic E-state index is 10.8. The number of ether oxygens (including phenoxy) is 12. The third-order valence-electron chi connectivity index (χ3n) is 4.39. The Morgan fingerprint density at radius 2 is 0.590 bits per heavy atom. The first-order chi connectivity index (χ1) is 19.3. The second-order valence-electron chi connectivity index (χ2n) is 7.44. The van der Waals surface area contributed by atoms with E-state index in [2.05, 4.69) is 4.74 Å². The Balaban J connectivity index is 3.03. The van der Waals surface area contributed by atoms with Crippen molar-refractivity contribution < 1.29 is 61.6 Å². The summed E-state index contributed by atoms with van der Waals surface area (Å²) < 4.78 is 63.3. The molecule has 39 heavy (non-hydrogen) atoms. The van der Waals surface area contributed by atoms with Gasteiger partial charge in [-0.25, -0.2) is 4.79 Å². The smallest absolute Gasteiger partial charge is 0.331 e. The third-order valence-corrected chi connectivity index (χ3v) is 4.54. The van der Waals surface area contributed by atoms with Gasteiger partial charge in [-0.2, -0.15) is 0 Å². The Bertz CT molecular complexity index is 477. The molecule has 0 unspecified atom stereocenters. The van der Waals surface area contributed by atoms with E-state index in [-0.39, 0.29) is 6.61 Å². The van der Waals surface area contributed by atoms with Crippen molar-refractivity contribution in [3.63, 3.8) is 0 Å². The fourth-order valence-corrected chi connectivity index (χ4v) is 2.58. The Morgan fingerprint density at radius 3 is 0.795 bits per heavy atom. The summed E-state index contributed by atoms with van der Waals surface area (Å²) in [6, 6.07) is 0. The van der Waals surface area contributed by atoms with Crippen LogP contribution in [-0.4, -0.2) is 164 Å². The van der Waals surface area contributed by atoms with Crippen LogP contribution in [0.25, 0.3) is 0 Å². The molecule has 14 heteroatoms. The van der Waals surface area contributed by atoms with Gasteiger partial charge in [0.1, 0.15) is 6.61 Å². The van der Waals surface area contributed by atoms with Gasteiger partial charge in [-0.15, -0.1) is 11.6 Å². The molecule has 0 fully saturated rings. The van der Waals surface area contributed by atoms with Crippen molar-refractivity contribution >= 4 is 17.6 Å². The Kier molecular flexibility index (Phi) is 34.7. The molecule has 0 aliphatic carbocycles. The lowest BCUT2D eigenvalue weighted by Crippen LogP contribution is -2.16. The van der Waals surface area contributed by atoms with Gasteiger partial charge in [-0.05, 0) is 0 Å². The minimum Gasteiger partial charge on any atom is -0.467 e. The molecule has 0 bridgehead atoms. The third kappa shape index (κ3) is 35.3. The van der Waals surface area contributed by atoms with Gasteiger partial charge in [0.05, 0.1) is 146 Å². The van der Waals surface area contributed by atoms with E-state index in [9.17, 15) is 4.79 Å². The molecular weight excluding hydrogens is 544 g/mol. The molecule has 0 rings (SSSR count). The van der Waals surface area contributed by atoms with Crippen LogP contribution in [0.1, 0.15) is 0 Å². The maximum absolute atomic E-state index is 10.8. The molecular formula is C25H49ClO13. The number of hydrogen-bond acceptors (Lipinski definition) is 13. The fourth-order valence-electron chi connectivity index (χ4n) is 2.47. The lowest BCUT2D eigenvalue weighted by molar-refractivity contribution is -0.146. The highest BCUT2D eigenvalue weighted by atomic mass is 35.5. The lowest BCUT2D eigenvalue weighted by atomic mass is 10.6. The number of rotatable bonds is 34. The second kappa shape index (κ2) is 35.3. The molecule has 0 aromatic rings. The molecule has 0 radical (unpaired) electrons. The van der Waals surface area contributed by atoms with Gasteiger partial charge in [0.15, 0.2) is 0 Å². The minimum absolute atomic E-state index is 0.0694. The monoisotopic (exact) mass is 592 g/mol. The summed E-state index contributed by atoms with van der Waals surface area (Å²) in [6.45, 7) is 10.2. The summed E-state index contributed by atoms with van der Waals surface area (Å²) in [6.07, 6.45) is 0. The summed E-state index contributed by atoms with van der Waals surface area (Å²) in [5, 5.41) is 0. The molecule has 0 aliphatic rings. The highest BCUT2D eigenvalue weighted by Gasteiger charge is 1.99. The summed E-state index contributed by atoms with van der Waals surface area (Å²) >= 11 is 5.50. The first-order valence-corrected chi connectivity index (χ1v) is 13.8. The van der Waals surface area contributed by atoms with Gasteiger partial charge in [0.25, 0.3) is 0 Å². The van der Waals surface area contributed by atoms with E-state index in [1.165, 1.54) is 7.11 Å². The first-order valence-electron chi connectivity index (χ1n) is 13.3. The van der Waals surface area contributed by atoms with Crippen molar-refractivity contribution in [1.29, 1.82) is 0 Å². The van der Waals surface area contributed by atoms with Gasteiger partial charge < -0.3 is 56.8 Å². The van der Waals surface area contributed by atoms with Crippen LogP contribution in [0.4, 0.5) is 0 Å². The maximum Gasteiger partial charge on any atom is 0.331 e. The molecule has 0 N–H and O–H groups in total. The van der Waals surface area contributed by atoms with Gasteiger partial charge in [0, 0.05) is 5.88 Å². The van der Waals surface area contributed by atoms with E-state index in [0.29, 0.717) is 145 Å². The van der Waals surface area contributed by atoms with Crippen molar-refractivity contribution in [3.8, 4) is 0 Å². The van der Waals surface area contributed by atoms with Crippen LogP contribution >= 0.6 is 11.6 Å². The SMILES string of the molecule is COC(=O)COCCOCCOCCOCCOCCOCCOCCOCCOCCOCCOCCCl. The van der Waals surface area contributed by atoms with E-state index < -0.39 is 5.97 Å². The van der Waals surface area contributed by atoms with Gasteiger partial charge in [-0.1, -0.05) is 0 Å². The quantitative estimate of drug-likeness (QED) is 0.0587. The zero-order valence-corrected chi connectivity index (χ0v) is 24.2. The molecule has 0 atom stereocenters. The van der Waals surface area contributed by atoms with Gasteiger partial charge in [0.2, 0.25) is 0 Å². The van der Waals surface area contributed by atoms with E-state index in [1.807, 2.05) is 0 Å². The van der Waals surface area contributed by atoms with E-state index in [0.717, 1.165) is 0 Å². The molecule has 0 saturated heterocycles. The average Bonchev–Trinajstić information content (AvgIpc) is 2.95. The summed E-state index contributed by atoms with van der Waals surface area (Å²) in [5.41, 5.74) is 0. The molecule has 234 valence electrons. The summed E-state index contributed by atoms with van der Waals surface area (Å²) in [5.74, 6) is 0.0873. The van der Waals surface area contributed by atoms with Crippen LogP contribution in [0.15, 0.2) is 0 Å². The largest absolute Gasteiger partial charge is 0.467 e. The minimum atomic E-state index is -0.407. The number of halogens is 1. The number of esters is 1. The summed E-state index contributed by atoms with van der Waals surface area (Å²) in [4.78, 5) is 10.8. The average molecular weight is 593 g/mol. The standard InChI is InChI=1S/C25H49ClO13/c1-28-25(27)24-39-23-22-38-21-20-37-19-18-36-17-16-35-15-14-34-13-12-33-11-10-32-9-8-31-7-6-30-5-4-29-3-2-26/h2-24H2,1H3. The van der Waals surface area contributed by atoms with E-state index in [1.54, 1.807) is 0 Å². The van der Waals surface area contributed by atoms with Crippen LogP contribution in [-0.2, 0) is 61.6 Å². The van der Waals surface area contributed by atoms with Gasteiger partial charge in [-0.3, -0.25) is 0 Å². The Labute approximate surface area is 237 Å². The van der Waals surface area contributed by atoms with Crippen LogP contribution in [0.2, 0.25) is 0 Å². The predicted molar refractivity (Wildman–Crippen MR) is 142 cm³/mol. The molecule has 13 nitrogen and oxygen atoms in total. The predicted octanol–water partition coefficient (Wildman–Crippen LogP) is 0.581. The van der Waals surface area contributed by atoms with Crippen molar-refractivity contribution in [1.82, 2.24) is 0 Å². The summed E-state index contributed by atoms with van der Waals surface area (Å²) in [7, 11) is 1.31. The van der Waals surface area contributed by atoms with E-state index in [4.69, 9.17) is 63.7 Å². The van der Waals surface area contributed by atoms with Crippen LogP contribution in [0.5, 0.6) is 0 Å². The van der Waals surface area contributed by atoms with Crippen LogP contribution in [0, 0.1) is 0 Å². The van der Waals surface area contributed by atoms with E-state index >= 15 is 0 Å². The number of carbonyl (C=O) groups is 1. The Morgan fingerprint density at radius 1 is 0.385 bits per heavy atom. The normalized spacial score (nSPS) is 11.3. The first kappa shape index (κ1) is 38.3. The molecule has 0 aromatic carbocycles. The molecule has 0 aromatic heterocycles. The van der Waals surface area contributed by atoms with Crippen LogP contribution in [0.3, 0.4) is 0 Å². The fraction of sp³-hybridized carbons (Fsp3) is 0.960. The second-order valence-corrected chi connectivity index (χ2v) is 7.82.